The van der Waals surface area contributed by atoms with E-state index >= 15 is 0 Å². The zero-order valence-corrected chi connectivity index (χ0v) is 15.2. The lowest BCUT2D eigenvalue weighted by Crippen LogP contribution is -2.93. The summed E-state index contributed by atoms with van der Waals surface area (Å²) < 4.78 is 17.5. The number of hydrogen-bond acceptors (Lipinski definition) is 4. The quantitative estimate of drug-likeness (QED) is 0.844. The first-order valence-electron chi connectivity index (χ1n) is 9.80. The number of benzene rings is 2. The number of hydrogen-bond donors (Lipinski definition) is 2. The number of ether oxygens (including phenoxy) is 3. The molecule has 2 aliphatic heterocycles. The summed E-state index contributed by atoms with van der Waals surface area (Å²) >= 11 is 0. The molecular formula is C21H25N2O4+. The summed E-state index contributed by atoms with van der Waals surface area (Å²) in [5, 5.41) is 7.29. The van der Waals surface area contributed by atoms with E-state index in [-0.39, 0.29) is 18.3 Å². The fourth-order valence-corrected chi connectivity index (χ4v) is 4.13. The Bertz CT molecular complexity index is 833. The summed E-state index contributed by atoms with van der Waals surface area (Å²) in [5.74, 6) is 0.865. The highest BCUT2D eigenvalue weighted by molar-refractivity contribution is 6.00. The fourth-order valence-electron chi connectivity index (χ4n) is 4.13. The minimum Gasteiger partial charge on any atom is -0.441 e. The molecule has 6 nitrogen and oxygen atoms in total. The molecule has 0 unspecified atom stereocenters. The van der Waals surface area contributed by atoms with E-state index in [0.29, 0.717) is 19.3 Å². The Hall–Kier alpha value is -2.15. The molecule has 2 aromatic rings. The first kappa shape index (κ1) is 17.0. The number of carbonyl (C=O) groups is 1. The fraction of sp³-hybridized carbons (Fsp3) is 0.476. The maximum Gasteiger partial charge on any atom is 0.412 e. The lowest BCUT2D eigenvalue weighted by molar-refractivity contribution is -0.695. The number of nitrogens with two attached hydrogens (primary N) is 1. The van der Waals surface area contributed by atoms with Crippen molar-refractivity contribution >= 4 is 22.6 Å². The number of quaternary nitrogens is 1. The highest BCUT2D eigenvalue weighted by atomic mass is 16.6. The van der Waals surface area contributed by atoms with Gasteiger partial charge < -0.3 is 19.5 Å². The molecule has 142 valence electrons. The van der Waals surface area contributed by atoms with Gasteiger partial charge in [-0.2, -0.15) is 0 Å². The van der Waals surface area contributed by atoms with E-state index in [0.717, 1.165) is 28.9 Å². The van der Waals surface area contributed by atoms with Gasteiger partial charge in [-0.25, -0.2) is 4.79 Å². The van der Waals surface area contributed by atoms with E-state index in [1.807, 2.05) is 42.5 Å². The Kier molecular flexibility index (Phi) is 4.47. The van der Waals surface area contributed by atoms with E-state index in [1.54, 1.807) is 0 Å². The van der Waals surface area contributed by atoms with Crippen molar-refractivity contribution < 1.29 is 24.3 Å². The third kappa shape index (κ3) is 3.52. The van der Waals surface area contributed by atoms with Crippen molar-refractivity contribution in [2.45, 2.75) is 37.2 Å². The van der Waals surface area contributed by atoms with Crippen LogP contribution in [0.25, 0.3) is 10.8 Å². The second kappa shape index (κ2) is 7.11. The van der Waals surface area contributed by atoms with Crippen molar-refractivity contribution in [2.24, 2.45) is 5.92 Å². The van der Waals surface area contributed by atoms with Crippen molar-refractivity contribution in [1.29, 1.82) is 0 Å². The van der Waals surface area contributed by atoms with Crippen LogP contribution in [0.3, 0.4) is 0 Å². The number of carbonyl (C=O) groups excluding carboxylic acids is 1. The number of nitrogens with one attached hydrogen (secondary N) is 1. The largest absolute Gasteiger partial charge is 0.441 e. The maximum absolute atomic E-state index is 12.5. The summed E-state index contributed by atoms with van der Waals surface area (Å²) in [4.78, 5) is 12.5. The van der Waals surface area contributed by atoms with Crippen LogP contribution < -0.4 is 10.6 Å². The number of anilines is 1. The Balaban J connectivity index is 1.20. The molecule has 1 amide bonds. The molecule has 1 saturated carbocycles. The van der Waals surface area contributed by atoms with Gasteiger partial charge in [-0.3, -0.25) is 5.32 Å². The van der Waals surface area contributed by atoms with Gasteiger partial charge in [0.15, 0.2) is 6.10 Å². The minimum absolute atomic E-state index is 0.0131. The van der Waals surface area contributed by atoms with E-state index < -0.39 is 6.09 Å². The molecular weight excluding hydrogens is 344 g/mol. The summed E-state index contributed by atoms with van der Waals surface area (Å²) in [7, 11) is 0. The van der Waals surface area contributed by atoms with Gasteiger partial charge in [-0.05, 0) is 24.3 Å². The molecule has 6 heteroatoms. The standard InChI is InChI=1S/C21H24N2O4/c24-21(23-16-7-3-5-14-4-1-2-6-15(14)16)27-18-12-26-19-17(11-25-20(18)19)22-10-13-8-9-13/h1-7,13,17-20,22H,8-12H2,(H,23,24)/p+1/t17-,18+,19+,20+/m0/s1. The molecule has 3 fully saturated rings. The Morgan fingerprint density at radius 3 is 2.78 bits per heavy atom. The number of fused-ring (bicyclic) bond motifs is 2. The van der Waals surface area contributed by atoms with Crippen LogP contribution >= 0.6 is 0 Å². The molecule has 4 atom stereocenters. The van der Waals surface area contributed by atoms with Crippen LogP contribution in [0.1, 0.15) is 12.8 Å². The Morgan fingerprint density at radius 2 is 1.89 bits per heavy atom. The highest BCUT2D eigenvalue weighted by Gasteiger charge is 2.51. The highest BCUT2D eigenvalue weighted by Crippen LogP contribution is 2.30. The molecule has 2 aromatic carbocycles. The molecule has 0 spiro atoms. The van der Waals surface area contributed by atoms with Crippen LogP contribution in [-0.4, -0.2) is 50.2 Å². The lowest BCUT2D eigenvalue weighted by atomic mass is 10.1. The van der Waals surface area contributed by atoms with Crippen LogP contribution in [0.5, 0.6) is 0 Å². The average molecular weight is 369 g/mol. The SMILES string of the molecule is O=C(Nc1cccc2ccccc12)O[C@@H]1CO[C@H]2[C@@H]1OC[C@@H]2[NH2+]CC1CC1. The van der Waals surface area contributed by atoms with E-state index in [1.165, 1.54) is 12.8 Å². The van der Waals surface area contributed by atoms with Gasteiger partial charge in [0.1, 0.15) is 24.9 Å². The third-order valence-corrected chi connectivity index (χ3v) is 5.80. The van der Waals surface area contributed by atoms with Gasteiger partial charge in [0, 0.05) is 11.3 Å². The van der Waals surface area contributed by atoms with Crippen molar-refractivity contribution in [3.05, 3.63) is 42.5 Å². The van der Waals surface area contributed by atoms with Crippen LogP contribution in [-0.2, 0) is 14.2 Å². The summed E-state index contributed by atoms with van der Waals surface area (Å²) in [6.07, 6.45) is 1.72. The van der Waals surface area contributed by atoms with Gasteiger partial charge in [-0.15, -0.1) is 0 Å². The van der Waals surface area contributed by atoms with Crippen LogP contribution in [0.4, 0.5) is 10.5 Å². The first-order chi connectivity index (χ1) is 13.3. The van der Waals surface area contributed by atoms with Gasteiger partial charge >= 0.3 is 6.09 Å². The predicted octanol–water partition coefficient (Wildman–Crippen LogP) is 1.90. The molecule has 3 aliphatic rings. The van der Waals surface area contributed by atoms with E-state index in [4.69, 9.17) is 14.2 Å². The summed E-state index contributed by atoms with van der Waals surface area (Å²) in [6.45, 7) is 2.20. The van der Waals surface area contributed by atoms with Crippen molar-refractivity contribution in [3.8, 4) is 0 Å². The Morgan fingerprint density at radius 1 is 1.07 bits per heavy atom. The van der Waals surface area contributed by atoms with Gasteiger partial charge in [-0.1, -0.05) is 36.4 Å². The van der Waals surface area contributed by atoms with Gasteiger partial charge in [0.2, 0.25) is 0 Å². The van der Waals surface area contributed by atoms with Crippen molar-refractivity contribution in [2.75, 3.05) is 25.1 Å². The first-order valence-corrected chi connectivity index (χ1v) is 9.80. The second-order valence-corrected chi connectivity index (χ2v) is 7.77. The van der Waals surface area contributed by atoms with Crippen LogP contribution in [0, 0.1) is 5.92 Å². The smallest absolute Gasteiger partial charge is 0.412 e. The average Bonchev–Trinajstić information content (AvgIpc) is 3.30. The van der Waals surface area contributed by atoms with Gasteiger partial charge in [0.05, 0.1) is 18.8 Å². The lowest BCUT2D eigenvalue weighted by Gasteiger charge is -2.17. The zero-order valence-electron chi connectivity index (χ0n) is 15.2. The number of rotatable bonds is 5. The molecule has 2 heterocycles. The third-order valence-electron chi connectivity index (χ3n) is 5.80. The normalized spacial score (nSPS) is 29.6. The van der Waals surface area contributed by atoms with Crippen molar-refractivity contribution in [1.82, 2.24) is 0 Å². The van der Waals surface area contributed by atoms with Gasteiger partial charge in [0.25, 0.3) is 0 Å². The molecule has 0 aromatic heterocycles. The molecule has 0 bridgehead atoms. The monoisotopic (exact) mass is 369 g/mol. The molecule has 2 saturated heterocycles. The molecule has 5 rings (SSSR count). The molecule has 27 heavy (non-hydrogen) atoms. The van der Waals surface area contributed by atoms with Crippen molar-refractivity contribution in [3.63, 3.8) is 0 Å². The predicted molar refractivity (Wildman–Crippen MR) is 101 cm³/mol. The second-order valence-electron chi connectivity index (χ2n) is 7.77. The van der Waals surface area contributed by atoms with Crippen LogP contribution in [0.2, 0.25) is 0 Å². The Labute approximate surface area is 158 Å². The molecule has 1 aliphatic carbocycles. The summed E-state index contributed by atoms with van der Waals surface area (Å²) in [6, 6.07) is 14.1. The molecule has 3 N–H and O–H groups in total. The number of amides is 1. The summed E-state index contributed by atoms with van der Waals surface area (Å²) in [5.41, 5.74) is 0.747. The van der Waals surface area contributed by atoms with E-state index in [9.17, 15) is 4.79 Å². The topological polar surface area (TPSA) is 73.4 Å². The zero-order chi connectivity index (χ0) is 18.2. The van der Waals surface area contributed by atoms with Crippen LogP contribution in [0.15, 0.2) is 42.5 Å². The minimum atomic E-state index is -0.463. The van der Waals surface area contributed by atoms with E-state index in [2.05, 4.69) is 10.6 Å². The maximum atomic E-state index is 12.5. The molecule has 0 radical (unpaired) electrons.